The number of esters is 1. The number of carbonyl (C=O) groups excluding carboxylic acids is 1. The third kappa shape index (κ3) is 4.83. The van der Waals surface area contributed by atoms with E-state index in [9.17, 15) is 15.0 Å². The van der Waals surface area contributed by atoms with E-state index >= 15 is 0 Å². The molecule has 0 atom stereocenters. The summed E-state index contributed by atoms with van der Waals surface area (Å²) in [5.74, 6) is -0.919. The van der Waals surface area contributed by atoms with Crippen molar-refractivity contribution in [2.75, 3.05) is 6.61 Å². The first-order chi connectivity index (χ1) is 10.6. The van der Waals surface area contributed by atoms with E-state index in [0.29, 0.717) is 5.56 Å². The van der Waals surface area contributed by atoms with E-state index in [1.54, 1.807) is 12.1 Å². The molecular weight excluding hydrogens is 280 g/mol. The Morgan fingerprint density at radius 1 is 0.955 bits per heavy atom. The van der Waals surface area contributed by atoms with Crippen molar-refractivity contribution in [3.63, 3.8) is 0 Å². The van der Waals surface area contributed by atoms with Gasteiger partial charge < -0.3 is 14.9 Å². The molecule has 22 heavy (non-hydrogen) atoms. The zero-order valence-corrected chi connectivity index (χ0v) is 11.8. The first-order valence-corrected chi connectivity index (χ1v) is 6.73. The number of carbonyl (C=O) groups is 1. The van der Waals surface area contributed by atoms with Crippen LogP contribution in [0.5, 0.6) is 11.5 Å². The third-order valence-corrected chi connectivity index (χ3v) is 2.84. The van der Waals surface area contributed by atoms with Crippen LogP contribution in [0.25, 0.3) is 12.2 Å². The number of benzene rings is 2. The minimum absolute atomic E-state index is 0.179. The van der Waals surface area contributed by atoms with Crippen LogP contribution in [0, 0.1) is 0 Å². The first kappa shape index (κ1) is 15.4. The van der Waals surface area contributed by atoms with Crippen LogP contribution in [0.15, 0.2) is 60.7 Å². The molecular formula is C18H16O4. The van der Waals surface area contributed by atoms with Crippen molar-refractivity contribution >= 4 is 18.1 Å². The molecule has 112 valence electrons. The van der Waals surface area contributed by atoms with Crippen LogP contribution in [0.4, 0.5) is 0 Å². The monoisotopic (exact) mass is 296 g/mol. The Hall–Kier alpha value is -3.01. The molecule has 0 fully saturated rings. The molecule has 0 radical (unpaired) electrons. The number of hydrogen-bond donors (Lipinski definition) is 2. The SMILES string of the molecule is O=C(C=Cc1ccc(O)c(O)c1)OCC=Cc1ccccc1. The van der Waals surface area contributed by atoms with Crippen molar-refractivity contribution in [2.24, 2.45) is 0 Å². The molecule has 0 unspecified atom stereocenters. The Labute approximate surface area is 128 Å². The smallest absolute Gasteiger partial charge is 0.331 e. The van der Waals surface area contributed by atoms with Gasteiger partial charge in [-0.2, -0.15) is 0 Å². The van der Waals surface area contributed by atoms with Crippen molar-refractivity contribution in [3.8, 4) is 11.5 Å². The highest BCUT2D eigenvalue weighted by Crippen LogP contribution is 2.25. The van der Waals surface area contributed by atoms with Crippen LogP contribution >= 0.6 is 0 Å². The summed E-state index contributed by atoms with van der Waals surface area (Å²) in [5.41, 5.74) is 1.63. The highest BCUT2D eigenvalue weighted by Gasteiger charge is 1.99. The maximum Gasteiger partial charge on any atom is 0.331 e. The van der Waals surface area contributed by atoms with Crippen LogP contribution in [0.3, 0.4) is 0 Å². The maximum absolute atomic E-state index is 11.5. The van der Waals surface area contributed by atoms with Gasteiger partial charge in [-0.05, 0) is 35.4 Å². The minimum atomic E-state index is -0.481. The summed E-state index contributed by atoms with van der Waals surface area (Å²) in [7, 11) is 0. The Morgan fingerprint density at radius 3 is 2.45 bits per heavy atom. The zero-order chi connectivity index (χ0) is 15.8. The molecule has 0 spiro atoms. The van der Waals surface area contributed by atoms with Gasteiger partial charge in [0.2, 0.25) is 0 Å². The molecule has 2 aromatic carbocycles. The van der Waals surface area contributed by atoms with E-state index in [1.165, 1.54) is 24.3 Å². The zero-order valence-electron chi connectivity index (χ0n) is 11.8. The Kier molecular flexibility index (Phi) is 5.37. The Bertz CT molecular complexity index is 687. The summed E-state index contributed by atoms with van der Waals surface area (Å²) in [6, 6.07) is 14.0. The fourth-order valence-electron chi connectivity index (χ4n) is 1.74. The van der Waals surface area contributed by atoms with E-state index in [4.69, 9.17) is 4.74 Å². The summed E-state index contributed by atoms with van der Waals surface area (Å²) in [4.78, 5) is 11.5. The van der Waals surface area contributed by atoms with E-state index in [2.05, 4.69) is 0 Å². The fourth-order valence-corrected chi connectivity index (χ4v) is 1.74. The molecule has 0 aliphatic rings. The lowest BCUT2D eigenvalue weighted by Gasteiger charge is -1.99. The largest absolute Gasteiger partial charge is 0.504 e. The van der Waals surface area contributed by atoms with Crippen LogP contribution in [-0.4, -0.2) is 22.8 Å². The van der Waals surface area contributed by atoms with Gasteiger partial charge in [-0.1, -0.05) is 42.5 Å². The molecule has 2 aromatic rings. The van der Waals surface area contributed by atoms with E-state index in [0.717, 1.165) is 5.56 Å². The molecule has 0 aliphatic heterocycles. The van der Waals surface area contributed by atoms with Crippen molar-refractivity contribution in [2.45, 2.75) is 0 Å². The highest BCUT2D eigenvalue weighted by atomic mass is 16.5. The number of phenolic OH excluding ortho intramolecular Hbond substituents is 2. The summed E-state index contributed by atoms with van der Waals surface area (Å²) < 4.78 is 5.02. The predicted molar refractivity (Wildman–Crippen MR) is 85.2 cm³/mol. The van der Waals surface area contributed by atoms with E-state index in [-0.39, 0.29) is 18.1 Å². The Morgan fingerprint density at radius 2 is 1.73 bits per heavy atom. The molecule has 4 heteroatoms. The molecule has 0 saturated heterocycles. The second-order valence-corrected chi connectivity index (χ2v) is 4.52. The van der Waals surface area contributed by atoms with Gasteiger partial charge in [-0.15, -0.1) is 0 Å². The van der Waals surface area contributed by atoms with Gasteiger partial charge in [0.25, 0.3) is 0 Å². The molecule has 0 saturated carbocycles. The maximum atomic E-state index is 11.5. The molecule has 0 bridgehead atoms. The van der Waals surface area contributed by atoms with Crippen molar-refractivity contribution < 1.29 is 19.7 Å². The van der Waals surface area contributed by atoms with Gasteiger partial charge in [0.05, 0.1) is 0 Å². The van der Waals surface area contributed by atoms with Crippen molar-refractivity contribution in [1.82, 2.24) is 0 Å². The number of rotatable bonds is 5. The van der Waals surface area contributed by atoms with Gasteiger partial charge in [-0.25, -0.2) is 4.79 Å². The second kappa shape index (κ2) is 7.69. The molecule has 0 aromatic heterocycles. The van der Waals surface area contributed by atoms with Crippen LogP contribution in [0.2, 0.25) is 0 Å². The fraction of sp³-hybridized carbons (Fsp3) is 0.0556. The van der Waals surface area contributed by atoms with Crippen LogP contribution in [0.1, 0.15) is 11.1 Å². The number of phenols is 2. The highest BCUT2D eigenvalue weighted by molar-refractivity contribution is 5.87. The predicted octanol–water partition coefficient (Wildman–Crippen LogP) is 3.37. The minimum Gasteiger partial charge on any atom is -0.504 e. The molecule has 2 rings (SSSR count). The molecule has 0 aliphatic carbocycles. The molecule has 2 N–H and O–H groups in total. The number of ether oxygens (including phenoxy) is 1. The quantitative estimate of drug-likeness (QED) is 0.504. The summed E-state index contributed by atoms with van der Waals surface area (Å²) in [6.45, 7) is 0.179. The lowest BCUT2D eigenvalue weighted by atomic mass is 10.2. The summed E-state index contributed by atoms with van der Waals surface area (Å²) in [5, 5.41) is 18.5. The number of aromatic hydroxyl groups is 2. The van der Waals surface area contributed by atoms with Crippen molar-refractivity contribution in [1.29, 1.82) is 0 Å². The lowest BCUT2D eigenvalue weighted by molar-refractivity contribution is -0.136. The lowest BCUT2D eigenvalue weighted by Crippen LogP contribution is -1.99. The van der Waals surface area contributed by atoms with Gasteiger partial charge >= 0.3 is 5.97 Å². The molecule has 0 amide bonds. The average Bonchev–Trinajstić information content (AvgIpc) is 2.54. The third-order valence-electron chi connectivity index (χ3n) is 2.84. The first-order valence-electron chi connectivity index (χ1n) is 6.73. The topological polar surface area (TPSA) is 66.8 Å². The summed E-state index contributed by atoms with van der Waals surface area (Å²) in [6.07, 6.45) is 6.40. The van der Waals surface area contributed by atoms with Crippen LogP contribution in [-0.2, 0) is 9.53 Å². The molecule has 4 nitrogen and oxygen atoms in total. The van der Waals surface area contributed by atoms with Gasteiger partial charge in [0, 0.05) is 6.08 Å². The normalized spacial score (nSPS) is 11.1. The van der Waals surface area contributed by atoms with E-state index < -0.39 is 5.97 Å². The average molecular weight is 296 g/mol. The molecule has 0 heterocycles. The number of hydrogen-bond acceptors (Lipinski definition) is 4. The second-order valence-electron chi connectivity index (χ2n) is 4.52. The van der Waals surface area contributed by atoms with Gasteiger partial charge in [-0.3, -0.25) is 0 Å². The standard InChI is InChI=1S/C18H16O4/c19-16-10-8-15(13-17(16)20)9-11-18(21)22-12-4-7-14-5-2-1-3-6-14/h1-11,13,19-20H,12H2. The Balaban J connectivity index is 1.81. The van der Waals surface area contributed by atoms with E-state index in [1.807, 2.05) is 36.4 Å². The van der Waals surface area contributed by atoms with Crippen molar-refractivity contribution in [3.05, 3.63) is 71.8 Å². The van der Waals surface area contributed by atoms with Crippen LogP contribution < -0.4 is 0 Å². The summed E-state index contributed by atoms with van der Waals surface area (Å²) >= 11 is 0. The van der Waals surface area contributed by atoms with Gasteiger partial charge in [0.1, 0.15) is 6.61 Å². The van der Waals surface area contributed by atoms with Gasteiger partial charge in [0.15, 0.2) is 11.5 Å².